The van der Waals surface area contributed by atoms with Crippen molar-refractivity contribution < 1.29 is 14.3 Å². The van der Waals surface area contributed by atoms with Gasteiger partial charge in [0.2, 0.25) is 11.8 Å². The van der Waals surface area contributed by atoms with Crippen molar-refractivity contribution in [2.45, 2.75) is 13.5 Å². The highest BCUT2D eigenvalue weighted by molar-refractivity contribution is 5.94. The van der Waals surface area contributed by atoms with Crippen LogP contribution in [0.25, 0.3) is 0 Å². The van der Waals surface area contributed by atoms with Gasteiger partial charge in [-0.2, -0.15) is 0 Å². The van der Waals surface area contributed by atoms with Crippen molar-refractivity contribution in [3.8, 4) is 5.75 Å². The predicted molar refractivity (Wildman–Crippen MR) is 87.0 cm³/mol. The summed E-state index contributed by atoms with van der Waals surface area (Å²) in [7, 11) is 1.56. The molecular formula is C17H19N3O3. The standard InChI is InChI=1S/C17H19N3O3/c1-13(21)20(11-15-6-3-4-9-18-15)12-17(22)19-14-7-5-8-16(10-14)23-2/h3-10H,11-12H2,1-2H3,(H,19,22). The average Bonchev–Trinajstić information content (AvgIpc) is 2.55. The van der Waals surface area contributed by atoms with Crippen LogP contribution in [-0.2, 0) is 16.1 Å². The number of pyridine rings is 1. The molecule has 2 aromatic rings. The third-order valence-corrected chi connectivity index (χ3v) is 3.21. The zero-order chi connectivity index (χ0) is 16.7. The number of benzene rings is 1. The third kappa shape index (κ3) is 5.10. The first kappa shape index (κ1) is 16.5. The monoisotopic (exact) mass is 313 g/mol. The molecular weight excluding hydrogens is 294 g/mol. The minimum atomic E-state index is -0.274. The number of amides is 2. The lowest BCUT2D eigenvalue weighted by atomic mass is 10.3. The van der Waals surface area contributed by atoms with Gasteiger partial charge in [0.15, 0.2) is 0 Å². The van der Waals surface area contributed by atoms with E-state index in [9.17, 15) is 9.59 Å². The summed E-state index contributed by atoms with van der Waals surface area (Å²) in [5, 5.41) is 2.75. The SMILES string of the molecule is COc1cccc(NC(=O)CN(Cc2ccccn2)C(C)=O)c1. The van der Waals surface area contributed by atoms with E-state index in [0.717, 1.165) is 5.69 Å². The molecule has 0 aliphatic rings. The molecule has 0 atom stereocenters. The Labute approximate surface area is 135 Å². The number of nitrogens with zero attached hydrogens (tertiary/aromatic N) is 2. The van der Waals surface area contributed by atoms with Crippen LogP contribution in [0.2, 0.25) is 0 Å². The molecule has 6 nitrogen and oxygen atoms in total. The van der Waals surface area contributed by atoms with Gasteiger partial charge in [0.25, 0.3) is 0 Å². The van der Waals surface area contributed by atoms with Crippen molar-refractivity contribution in [1.29, 1.82) is 0 Å². The second-order valence-electron chi connectivity index (χ2n) is 4.98. The van der Waals surface area contributed by atoms with E-state index in [1.807, 2.05) is 12.1 Å². The smallest absolute Gasteiger partial charge is 0.244 e. The van der Waals surface area contributed by atoms with Crippen molar-refractivity contribution in [1.82, 2.24) is 9.88 Å². The highest BCUT2D eigenvalue weighted by atomic mass is 16.5. The lowest BCUT2D eigenvalue weighted by Crippen LogP contribution is -2.36. The topological polar surface area (TPSA) is 71.5 Å². The molecule has 0 saturated heterocycles. The van der Waals surface area contributed by atoms with Gasteiger partial charge in [-0.3, -0.25) is 14.6 Å². The Balaban J connectivity index is 1.99. The summed E-state index contributed by atoms with van der Waals surface area (Å²) >= 11 is 0. The van der Waals surface area contributed by atoms with Crippen molar-refractivity contribution in [2.24, 2.45) is 0 Å². The van der Waals surface area contributed by atoms with Gasteiger partial charge in [0.1, 0.15) is 12.3 Å². The molecule has 0 radical (unpaired) electrons. The number of carbonyl (C=O) groups excluding carboxylic acids is 2. The van der Waals surface area contributed by atoms with Crippen molar-refractivity contribution >= 4 is 17.5 Å². The maximum absolute atomic E-state index is 12.2. The summed E-state index contributed by atoms with van der Waals surface area (Å²) in [6, 6.07) is 12.5. The fourth-order valence-corrected chi connectivity index (χ4v) is 2.04. The molecule has 1 heterocycles. The summed E-state index contributed by atoms with van der Waals surface area (Å²) in [5.41, 5.74) is 1.35. The van der Waals surface area contributed by atoms with E-state index < -0.39 is 0 Å². The van der Waals surface area contributed by atoms with Gasteiger partial charge in [0, 0.05) is 24.9 Å². The second kappa shape index (κ2) is 7.93. The minimum absolute atomic E-state index is 0.0386. The summed E-state index contributed by atoms with van der Waals surface area (Å²) in [6.07, 6.45) is 1.66. The van der Waals surface area contributed by atoms with E-state index >= 15 is 0 Å². The van der Waals surface area contributed by atoms with Crippen LogP contribution in [0.15, 0.2) is 48.7 Å². The number of hydrogen-bond acceptors (Lipinski definition) is 4. The van der Waals surface area contributed by atoms with E-state index in [1.54, 1.807) is 43.6 Å². The summed E-state index contributed by atoms with van der Waals surface area (Å²) in [4.78, 5) is 29.5. The van der Waals surface area contributed by atoms with Crippen LogP contribution in [0.4, 0.5) is 5.69 Å². The van der Waals surface area contributed by atoms with Crippen molar-refractivity contribution in [2.75, 3.05) is 19.0 Å². The maximum atomic E-state index is 12.2. The number of carbonyl (C=O) groups is 2. The molecule has 1 aromatic heterocycles. The Morgan fingerprint density at radius 1 is 1.22 bits per heavy atom. The largest absolute Gasteiger partial charge is 0.497 e. The van der Waals surface area contributed by atoms with Crippen LogP contribution < -0.4 is 10.1 Å². The van der Waals surface area contributed by atoms with Crippen LogP contribution in [0.1, 0.15) is 12.6 Å². The molecule has 1 N–H and O–H groups in total. The van der Waals surface area contributed by atoms with Gasteiger partial charge >= 0.3 is 0 Å². The molecule has 120 valence electrons. The molecule has 0 bridgehead atoms. The summed E-state index contributed by atoms with van der Waals surface area (Å²) in [6.45, 7) is 1.69. The van der Waals surface area contributed by atoms with E-state index in [2.05, 4.69) is 10.3 Å². The minimum Gasteiger partial charge on any atom is -0.497 e. The number of aromatic nitrogens is 1. The highest BCUT2D eigenvalue weighted by Gasteiger charge is 2.15. The van der Waals surface area contributed by atoms with E-state index in [1.165, 1.54) is 11.8 Å². The third-order valence-electron chi connectivity index (χ3n) is 3.21. The van der Waals surface area contributed by atoms with Crippen LogP contribution in [0, 0.1) is 0 Å². The lowest BCUT2D eigenvalue weighted by Gasteiger charge is -2.20. The first-order chi connectivity index (χ1) is 11.1. The fraction of sp³-hybridized carbons (Fsp3) is 0.235. The van der Waals surface area contributed by atoms with Crippen LogP contribution in [-0.4, -0.2) is 35.4 Å². The van der Waals surface area contributed by atoms with Crippen molar-refractivity contribution in [3.05, 3.63) is 54.4 Å². The Morgan fingerprint density at radius 2 is 2.04 bits per heavy atom. The van der Waals surface area contributed by atoms with E-state index in [-0.39, 0.29) is 18.4 Å². The Morgan fingerprint density at radius 3 is 2.70 bits per heavy atom. The van der Waals surface area contributed by atoms with Gasteiger partial charge in [0.05, 0.1) is 19.3 Å². The number of anilines is 1. The quantitative estimate of drug-likeness (QED) is 0.886. The molecule has 0 aliphatic carbocycles. The van der Waals surface area contributed by atoms with Gasteiger partial charge < -0.3 is 15.0 Å². The summed E-state index contributed by atoms with van der Waals surface area (Å²) in [5.74, 6) is 0.195. The molecule has 23 heavy (non-hydrogen) atoms. The van der Waals surface area contributed by atoms with Gasteiger partial charge in [-0.1, -0.05) is 12.1 Å². The lowest BCUT2D eigenvalue weighted by molar-refractivity contribution is -0.133. The molecule has 0 aliphatic heterocycles. The van der Waals surface area contributed by atoms with Crippen LogP contribution in [0.3, 0.4) is 0 Å². The van der Waals surface area contributed by atoms with Crippen LogP contribution >= 0.6 is 0 Å². The Kier molecular flexibility index (Phi) is 5.68. The number of rotatable bonds is 6. The molecule has 1 aromatic carbocycles. The van der Waals surface area contributed by atoms with Gasteiger partial charge in [-0.05, 0) is 24.3 Å². The van der Waals surface area contributed by atoms with Gasteiger partial charge in [-0.15, -0.1) is 0 Å². The summed E-state index contributed by atoms with van der Waals surface area (Å²) < 4.78 is 5.11. The molecule has 2 rings (SSSR count). The second-order valence-corrected chi connectivity index (χ2v) is 4.98. The molecule has 2 amide bonds. The number of nitrogens with one attached hydrogen (secondary N) is 1. The first-order valence-corrected chi connectivity index (χ1v) is 7.18. The predicted octanol–water partition coefficient (Wildman–Crippen LogP) is 2.08. The van der Waals surface area contributed by atoms with Gasteiger partial charge in [-0.25, -0.2) is 0 Å². The van der Waals surface area contributed by atoms with Crippen LogP contribution in [0.5, 0.6) is 5.75 Å². The molecule has 0 unspecified atom stereocenters. The first-order valence-electron chi connectivity index (χ1n) is 7.18. The number of ether oxygens (including phenoxy) is 1. The van der Waals surface area contributed by atoms with E-state index in [0.29, 0.717) is 18.0 Å². The van der Waals surface area contributed by atoms with Crippen molar-refractivity contribution in [3.63, 3.8) is 0 Å². The number of methoxy groups -OCH3 is 1. The molecule has 0 saturated carbocycles. The fourth-order valence-electron chi connectivity index (χ4n) is 2.04. The maximum Gasteiger partial charge on any atom is 0.244 e. The highest BCUT2D eigenvalue weighted by Crippen LogP contribution is 2.16. The molecule has 0 spiro atoms. The molecule has 6 heteroatoms. The normalized spacial score (nSPS) is 10.0. The van der Waals surface area contributed by atoms with E-state index in [4.69, 9.17) is 4.74 Å². The molecule has 0 fully saturated rings. The zero-order valence-electron chi connectivity index (χ0n) is 13.2. The Bertz CT molecular complexity index is 674. The Hall–Kier alpha value is -2.89. The zero-order valence-corrected chi connectivity index (χ0v) is 13.2. The number of hydrogen-bond donors (Lipinski definition) is 1. The average molecular weight is 313 g/mol.